The summed E-state index contributed by atoms with van der Waals surface area (Å²) in [4.78, 5) is 23.4. The van der Waals surface area contributed by atoms with E-state index in [1.807, 2.05) is 0 Å². The molecule has 7 heteroatoms. The van der Waals surface area contributed by atoms with Gasteiger partial charge < -0.3 is 9.15 Å². The largest absolute Gasteiger partial charge is 0.462 e. The average molecular weight is 369 g/mol. The zero-order valence-electron chi connectivity index (χ0n) is 14.5. The number of nitro groups is 1. The van der Waals surface area contributed by atoms with Gasteiger partial charge in [0.1, 0.15) is 22.7 Å². The summed E-state index contributed by atoms with van der Waals surface area (Å²) in [5.74, 6) is -0.876. The van der Waals surface area contributed by atoms with Crippen LogP contribution < -0.4 is 0 Å². The van der Waals surface area contributed by atoms with E-state index in [0.29, 0.717) is 16.5 Å². The molecular formula is C20H16FNO5. The van der Waals surface area contributed by atoms with Crippen LogP contribution in [0.4, 0.5) is 10.1 Å². The van der Waals surface area contributed by atoms with Crippen molar-refractivity contribution >= 4 is 22.6 Å². The number of esters is 1. The summed E-state index contributed by atoms with van der Waals surface area (Å²) in [6.07, 6.45) is 1.80. The molecule has 138 valence electrons. The highest BCUT2D eigenvalue weighted by molar-refractivity contribution is 6.09. The summed E-state index contributed by atoms with van der Waals surface area (Å²) in [6, 6.07) is 8.23. The van der Waals surface area contributed by atoms with Crippen molar-refractivity contribution in [3.63, 3.8) is 0 Å². The Balaban J connectivity index is 2.32. The van der Waals surface area contributed by atoms with E-state index in [-0.39, 0.29) is 35.6 Å². The quantitative estimate of drug-likeness (QED) is 0.263. The molecule has 3 rings (SSSR count). The van der Waals surface area contributed by atoms with E-state index in [0.717, 1.165) is 0 Å². The molecule has 0 saturated carbocycles. The molecular weight excluding hydrogens is 353 g/mol. The van der Waals surface area contributed by atoms with Crippen molar-refractivity contribution in [3.8, 4) is 11.3 Å². The van der Waals surface area contributed by atoms with Gasteiger partial charge in [-0.2, -0.15) is 0 Å². The summed E-state index contributed by atoms with van der Waals surface area (Å²) < 4.78 is 24.2. The highest BCUT2D eigenvalue weighted by Gasteiger charge is 2.26. The van der Waals surface area contributed by atoms with Gasteiger partial charge >= 0.3 is 5.97 Å². The number of nitro benzene ring substituents is 1. The number of nitrogens with zero attached hydrogens (tertiary/aromatic N) is 1. The van der Waals surface area contributed by atoms with E-state index in [2.05, 4.69) is 6.58 Å². The van der Waals surface area contributed by atoms with Crippen LogP contribution >= 0.6 is 0 Å². The van der Waals surface area contributed by atoms with E-state index in [1.54, 1.807) is 13.0 Å². The van der Waals surface area contributed by atoms with E-state index in [1.165, 1.54) is 36.4 Å². The van der Waals surface area contributed by atoms with Gasteiger partial charge in [-0.25, -0.2) is 9.18 Å². The van der Waals surface area contributed by atoms with Gasteiger partial charge in [0.2, 0.25) is 0 Å². The van der Waals surface area contributed by atoms with Crippen LogP contribution in [-0.4, -0.2) is 17.5 Å². The number of halogens is 1. The molecule has 27 heavy (non-hydrogen) atoms. The van der Waals surface area contributed by atoms with Crippen LogP contribution in [0, 0.1) is 15.9 Å². The lowest BCUT2D eigenvalue weighted by Gasteiger charge is -2.04. The third-order valence-electron chi connectivity index (χ3n) is 4.04. The molecule has 0 saturated heterocycles. The normalized spacial score (nSPS) is 10.7. The van der Waals surface area contributed by atoms with Crippen molar-refractivity contribution < 1.29 is 23.3 Å². The molecule has 0 spiro atoms. The van der Waals surface area contributed by atoms with Gasteiger partial charge in [0, 0.05) is 16.5 Å². The Labute approximate surface area is 154 Å². The first-order valence-electron chi connectivity index (χ1n) is 8.24. The highest BCUT2D eigenvalue weighted by Crippen LogP contribution is 2.37. The van der Waals surface area contributed by atoms with Gasteiger partial charge in [0.15, 0.2) is 0 Å². The molecule has 0 aliphatic rings. The molecule has 1 heterocycles. The van der Waals surface area contributed by atoms with E-state index < -0.39 is 16.7 Å². The lowest BCUT2D eigenvalue weighted by Crippen LogP contribution is -2.05. The number of carbonyl (C=O) groups excluding carboxylic acids is 1. The fourth-order valence-electron chi connectivity index (χ4n) is 2.88. The fourth-order valence-corrected chi connectivity index (χ4v) is 2.88. The topological polar surface area (TPSA) is 82.6 Å². The van der Waals surface area contributed by atoms with Gasteiger partial charge in [0.05, 0.1) is 17.6 Å². The van der Waals surface area contributed by atoms with Crippen LogP contribution in [0.2, 0.25) is 0 Å². The summed E-state index contributed by atoms with van der Waals surface area (Å²) in [7, 11) is 0. The number of carbonyl (C=O) groups is 1. The minimum Gasteiger partial charge on any atom is -0.462 e. The third kappa shape index (κ3) is 3.44. The Hall–Kier alpha value is -3.48. The Bertz CT molecular complexity index is 1040. The number of fused-ring (bicyclic) bond motifs is 1. The molecule has 0 unspecified atom stereocenters. The van der Waals surface area contributed by atoms with Crippen molar-refractivity contribution in [2.75, 3.05) is 6.61 Å². The summed E-state index contributed by atoms with van der Waals surface area (Å²) in [5, 5.41) is 11.8. The number of allylic oxidation sites excluding steroid dienone is 1. The smallest absolute Gasteiger partial charge is 0.342 e. The van der Waals surface area contributed by atoms with Crippen LogP contribution in [-0.2, 0) is 11.2 Å². The van der Waals surface area contributed by atoms with Crippen molar-refractivity contribution in [2.24, 2.45) is 0 Å². The lowest BCUT2D eigenvalue weighted by molar-refractivity contribution is -0.385. The van der Waals surface area contributed by atoms with Crippen LogP contribution in [0.1, 0.15) is 22.8 Å². The van der Waals surface area contributed by atoms with E-state index in [9.17, 15) is 19.3 Å². The second-order valence-corrected chi connectivity index (χ2v) is 5.76. The monoisotopic (exact) mass is 369 g/mol. The molecule has 0 radical (unpaired) electrons. The molecule has 6 nitrogen and oxygen atoms in total. The number of furan rings is 1. The van der Waals surface area contributed by atoms with Gasteiger partial charge in [-0.15, -0.1) is 6.58 Å². The Kier molecular flexibility index (Phi) is 5.03. The maximum Gasteiger partial charge on any atom is 0.342 e. The molecule has 0 fully saturated rings. The first-order valence-corrected chi connectivity index (χ1v) is 8.24. The molecule has 0 atom stereocenters. The summed E-state index contributed by atoms with van der Waals surface area (Å²) >= 11 is 0. The Morgan fingerprint density at radius 2 is 2.04 bits per heavy atom. The molecule has 1 aromatic heterocycles. The minimum absolute atomic E-state index is 0.128. The van der Waals surface area contributed by atoms with Crippen LogP contribution in [0.25, 0.3) is 22.3 Å². The minimum atomic E-state index is -0.617. The molecule has 0 aliphatic carbocycles. The van der Waals surface area contributed by atoms with Crippen LogP contribution in [0.5, 0.6) is 0 Å². The Morgan fingerprint density at radius 1 is 1.33 bits per heavy atom. The van der Waals surface area contributed by atoms with Crippen LogP contribution in [0.15, 0.2) is 53.5 Å². The predicted octanol–water partition coefficient (Wildman–Crippen LogP) is 5.05. The van der Waals surface area contributed by atoms with Crippen molar-refractivity contribution in [3.05, 3.63) is 76.1 Å². The third-order valence-corrected chi connectivity index (χ3v) is 4.04. The molecule has 0 N–H and O–H groups in total. The number of hydrogen-bond donors (Lipinski definition) is 0. The van der Waals surface area contributed by atoms with Gasteiger partial charge in [-0.1, -0.05) is 6.08 Å². The second kappa shape index (κ2) is 7.41. The number of rotatable bonds is 6. The molecule has 0 amide bonds. The fraction of sp³-hybridized carbons (Fsp3) is 0.150. The maximum atomic E-state index is 13.3. The summed E-state index contributed by atoms with van der Waals surface area (Å²) in [5.41, 5.74) is 1.07. The molecule has 0 aliphatic heterocycles. The van der Waals surface area contributed by atoms with E-state index >= 15 is 0 Å². The standard InChI is InChI=1S/C20H16FNO5/c1-3-5-13-10-15-17(11-16(13)22(24)25)27-19(18(15)20(23)26-4-2)12-6-8-14(21)9-7-12/h3,6-11H,1,4-5H2,2H3. The lowest BCUT2D eigenvalue weighted by atomic mass is 10.0. The van der Waals surface area contributed by atoms with Crippen LogP contribution in [0.3, 0.4) is 0 Å². The van der Waals surface area contributed by atoms with E-state index in [4.69, 9.17) is 9.15 Å². The van der Waals surface area contributed by atoms with Gasteiger partial charge in [-0.3, -0.25) is 10.1 Å². The zero-order chi connectivity index (χ0) is 19.6. The molecule has 3 aromatic rings. The zero-order valence-corrected chi connectivity index (χ0v) is 14.5. The SMILES string of the molecule is C=CCc1cc2c(C(=O)OCC)c(-c3ccc(F)cc3)oc2cc1[N+](=O)[O-]. The molecule has 0 bridgehead atoms. The maximum absolute atomic E-state index is 13.3. The second-order valence-electron chi connectivity index (χ2n) is 5.76. The molecule has 2 aromatic carbocycles. The number of benzene rings is 2. The highest BCUT2D eigenvalue weighted by atomic mass is 19.1. The summed E-state index contributed by atoms with van der Waals surface area (Å²) in [6.45, 7) is 5.44. The first-order chi connectivity index (χ1) is 13.0. The first kappa shape index (κ1) is 18.3. The van der Waals surface area contributed by atoms with Crippen molar-refractivity contribution in [1.82, 2.24) is 0 Å². The predicted molar refractivity (Wildman–Crippen MR) is 98.1 cm³/mol. The number of hydrogen-bond acceptors (Lipinski definition) is 5. The average Bonchev–Trinajstić information content (AvgIpc) is 3.00. The van der Waals surface area contributed by atoms with Crippen molar-refractivity contribution in [2.45, 2.75) is 13.3 Å². The van der Waals surface area contributed by atoms with Gasteiger partial charge in [-0.05, 0) is 43.7 Å². The van der Waals surface area contributed by atoms with Crippen molar-refractivity contribution in [1.29, 1.82) is 0 Å². The Morgan fingerprint density at radius 3 is 2.63 bits per heavy atom. The van der Waals surface area contributed by atoms with Gasteiger partial charge in [0.25, 0.3) is 5.69 Å². The number of ether oxygens (including phenoxy) is 1.